The molecule has 2 aromatic carbocycles. The van der Waals surface area contributed by atoms with Gasteiger partial charge in [0.1, 0.15) is 11.8 Å². The van der Waals surface area contributed by atoms with Crippen LogP contribution in [0.25, 0.3) is 0 Å². The van der Waals surface area contributed by atoms with Gasteiger partial charge in [0.2, 0.25) is 0 Å². The molecule has 0 unspecified atom stereocenters. The van der Waals surface area contributed by atoms with Crippen LogP contribution >= 0.6 is 0 Å². The summed E-state index contributed by atoms with van der Waals surface area (Å²) in [6.07, 6.45) is 0. The van der Waals surface area contributed by atoms with E-state index in [0.717, 1.165) is 22.7 Å². The number of ether oxygens (including phenoxy) is 1. The molecule has 0 radical (unpaired) electrons. The van der Waals surface area contributed by atoms with Gasteiger partial charge in [-0.05, 0) is 36.8 Å². The minimum Gasteiger partial charge on any atom is -0.497 e. The SMILES string of the molecule is COc1cccc(Nc2ccc(C)cc2C#N)c1. The first-order valence-electron chi connectivity index (χ1n) is 5.65. The molecule has 0 aliphatic carbocycles. The largest absolute Gasteiger partial charge is 0.497 e. The van der Waals surface area contributed by atoms with E-state index in [0.29, 0.717) is 5.56 Å². The van der Waals surface area contributed by atoms with Crippen molar-refractivity contribution in [2.24, 2.45) is 0 Å². The second kappa shape index (κ2) is 5.24. The molecular weight excluding hydrogens is 224 g/mol. The van der Waals surface area contributed by atoms with Crippen molar-refractivity contribution in [1.82, 2.24) is 0 Å². The fourth-order valence-corrected chi connectivity index (χ4v) is 1.72. The fourth-order valence-electron chi connectivity index (χ4n) is 1.72. The molecule has 1 N–H and O–H groups in total. The Morgan fingerprint density at radius 3 is 2.72 bits per heavy atom. The van der Waals surface area contributed by atoms with Gasteiger partial charge in [-0.1, -0.05) is 12.1 Å². The van der Waals surface area contributed by atoms with Crippen molar-refractivity contribution >= 4 is 11.4 Å². The Labute approximate surface area is 107 Å². The average molecular weight is 238 g/mol. The summed E-state index contributed by atoms with van der Waals surface area (Å²) in [7, 11) is 1.63. The summed E-state index contributed by atoms with van der Waals surface area (Å²) in [5.41, 5.74) is 3.41. The van der Waals surface area contributed by atoms with Crippen molar-refractivity contribution in [3.63, 3.8) is 0 Å². The van der Waals surface area contributed by atoms with E-state index in [1.165, 1.54) is 0 Å². The summed E-state index contributed by atoms with van der Waals surface area (Å²) in [6.45, 7) is 1.97. The van der Waals surface area contributed by atoms with E-state index in [1.807, 2.05) is 49.4 Å². The fraction of sp³-hybridized carbons (Fsp3) is 0.133. The van der Waals surface area contributed by atoms with Crippen molar-refractivity contribution in [2.45, 2.75) is 6.92 Å². The summed E-state index contributed by atoms with van der Waals surface area (Å²) in [4.78, 5) is 0. The number of nitrogens with one attached hydrogen (secondary N) is 1. The lowest BCUT2D eigenvalue weighted by Gasteiger charge is -2.10. The lowest BCUT2D eigenvalue weighted by Crippen LogP contribution is -1.94. The molecule has 3 nitrogen and oxygen atoms in total. The highest BCUT2D eigenvalue weighted by Crippen LogP contribution is 2.24. The van der Waals surface area contributed by atoms with Crippen LogP contribution in [0.3, 0.4) is 0 Å². The molecule has 2 aromatic rings. The number of aryl methyl sites for hydroxylation is 1. The Hall–Kier alpha value is -2.47. The normalized spacial score (nSPS) is 9.61. The predicted octanol–water partition coefficient (Wildman–Crippen LogP) is 3.62. The Morgan fingerprint density at radius 2 is 2.00 bits per heavy atom. The monoisotopic (exact) mass is 238 g/mol. The molecule has 0 saturated carbocycles. The van der Waals surface area contributed by atoms with E-state index in [1.54, 1.807) is 7.11 Å². The van der Waals surface area contributed by atoms with Crippen molar-refractivity contribution in [3.8, 4) is 11.8 Å². The molecule has 0 saturated heterocycles. The smallest absolute Gasteiger partial charge is 0.120 e. The topological polar surface area (TPSA) is 45.0 Å². The van der Waals surface area contributed by atoms with E-state index in [-0.39, 0.29) is 0 Å². The standard InChI is InChI=1S/C15H14N2O/c1-11-6-7-15(12(8-11)10-16)17-13-4-3-5-14(9-13)18-2/h3-9,17H,1-2H3. The maximum atomic E-state index is 9.11. The van der Waals surface area contributed by atoms with Crippen LogP contribution in [-0.4, -0.2) is 7.11 Å². The molecule has 0 aliphatic rings. The quantitative estimate of drug-likeness (QED) is 0.888. The van der Waals surface area contributed by atoms with Crippen LogP contribution < -0.4 is 10.1 Å². The van der Waals surface area contributed by atoms with Gasteiger partial charge in [0.15, 0.2) is 0 Å². The van der Waals surface area contributed by atoms with Crippen molar-refractivity contribution in [2.75, 3.05) is 12.4 Å². The van der Waals surface area contributed by atoms with Gasteiger partial charge in [-0.15, -0.1) is 0 Å². The van der Waals surface area contributed by atoms with Gasteiger partial charge in [0.25, 0.3) is 0 Å². The lowest BCUT2D eigenvalue weighted by molar-refractivity contribution is 0.415. The molecule has 0 amide bonds. The van der Waals surface area contributed by atoms with Gasteiger partial charge in [-0.25, -0.2) is 0 Å². The lowest BCUT2D eigenvalue weighted by atomic mass is 10.1. The molecule has 90 valence electrons. The summed E-state index contributed by atoms with van der Waals surface area (Å²) in [6, 6.07) is 15.5. The number of methoxy groups -OCH3 is 1. The molecule has 0 spiro atoms. The van der Waals surface area contributed by atoms with Crippen LogP contribution in [0, 0.1) is 18.3 Å². The second-order valence-electron chi connectivity index (χ2n) is 4.02. The number of hydrogen-bond donors (Lipinski definition) is 1. The summed E-state index contributed by atoms with van der Waals surface area (Å²) in [5.74, 6) is 0.783. The molecule has 0 aromatic heterocycles. The maximum absolute atomic E-state index is 9.11. The van der Waals surface area contributed by atoms with Gasteiger partial charge in [0, 0.05) is 11.8 Å². The predicted molar refractivity (Wildman–Crippen MR) is 72.2 cm³/mol. The molecule has 2 rings (SSSR count). The molecule has 0 atom stereocenters. The Bertz CT molecular complexity index is 600. The van der Waals surface area contributed by atoms with Crippen LogP contribution in [0.1, 0.15) is 11.1 Å². The van der Waals surface area contributed by atoms with E-state index >= 15 is 0 Å². The first-order chi connectivity index (χ1) is 8.72. The van der Waals surface area contributed by atoms with Gasteiger partial charge in [-0.2, -0.15) is 5.26 Å². The number of rotatable bonds is 3. The molecule has 18 heavy (non-hydrogen) atoms. The third-order valence-corrected chi connectivity index (χ3v) is 2.64. The third kappa shape index (κ3) is 2.61. The van der Waals surface area contributed by atoms with E-state index in [9.17, 15) is 0 Å². The van der Waals surface area contributed by atoms with Crippen molar-refractivity contribution in [1.29, 1.82) is 5.26 Å². The second-order valence-corrected chi connectivity index (χ2v) is 4.02. The van der Waals surface area contributed by atoms with Gasteiger partial charge in [0.05, 0.1) is 18.4 Å². The summed E-state index contributed by atoms with van der Waals surface area (Å²) >= 11 is 0. The van der Waals surface area contributed by atoms with Crippen LogP contribution in [0.5, 0.6) is 5.75 Å². The van der Waals surface area contributed by atoms with Crippen LogP contribution in [0.2, 0.25) is 0 Å². The van der Waals surface area contributed by atoms with E-state index < -0.39 is 0 Å². The Kier molecular flexibility index (Phi) is 3.49. The van der Waals surface area contributed by atoms with Crippen LogP contribution in [0.15, 0.2) is 42.5 Å². The number of hydrogen-bond acceptors (Lipinski definition) is 3. The zero-order valence-electron chi connectivity index (χ0n) is 10.4. The van der Waals surface area contributed by atoms with E-state index in [4.69, 9.17) is 10.00 Å². The van der Waals surface area contributed by atoms with E-state index in [2.05, 4.69) is 11.4 Å². The highest BCUT2D eigenvalue weighted by atomic mass is 16.5. The average Bonchev–Trinajstić information content (AvgIpc) is 2.41. The molecule has 0 fully saturated rings. The Balaban J connectivity index is 2.31. The molecule has 0 aliphatic heterocycles. The zero-order chi connectivity index (χ0) is 13.0. The third-order valence-electron chi connectivity index (χ3n) is 2.64. The van der Waals surface area contributed by atoms with Gasteiger partial charge in [-0.3, -0.25) is 0 Å². The number of nitriles is 1. The zero-order valence-corrected chi connectivity index (χ0v) is 10.4. The first kappa shape index (κ1) is 12.0. The maximum Gasteiger partial charge on any atom is 0.120 e. The van der Waals surface area contributed by atoms with Crippen LogP contribution in [0.4, 0.5) is 11.4 Å². The van der Waals surface area contributed by atoms with Gasteiger partial charge < -0.3 is 10.1 Å². The highest BCUT2D eigenvalue weighted by Gasteiger charge is 2.03. The van der Waals surface area contributed by atoms with Crippen LogP contribution in [-0.2, 0) is 0 Å². The molecule has 0 bridgehead atoms. The highest BCUT2D eigenvalue weighted by molar-refractivity contribution is 5.67. The van der Waals surface area contributed by atoms with Crippen molar-refractivity contribution in [3.05, 3.63) is 53.6 Å². The minimum atomic E-state index is 0.637. The molecular formula is C15H14N2O. The number of anilines is 2. The molecule has 3 heteroatoms. The molecule has 0 heterocycles. The summed E-state index contributed by atoms with van der Waals surface area (Å²) < 4.78 is 5.16. The Morgan fingerprint density at radius 1 is 1.17 bits per heavy atom. The number of nitrogens with zero attached hydrogens (tertiary/aromatic N) is 1. The summed E-state index contributed by atoms with van der Waals surface area (Å²) in [5, 5.41) is 12.3. The van der Waals surface area contributed by atoms with Gasteiger partial charge >= 0.3 is 0 Å². The van der Waals surface area contributed by atoms with Crippen molar-refractivity contribution < 1.29 is 4.74 Å². The minimum absolute atomic E-state index is 0.637. The number of benzene rings is 2. The first-order valence-corrected chi connectivity index (χ1v) is 5.65.